The number of nitrogens with zero attached hydrogens (tertiary/aromatic N) is 5. The van der Waals surface area contributed by atoms with Crippen molar-refractivity contribution in [3.63, 3.8) is 0 Å². The van der Waals surface area contributed by atoms with Crippen LogP contribution in [-0.2, 0) is 11.2 Å². The smallest absolute Gasteiger partial charge is 0.255 e. The zero-order chi connectivity index (χ0) is 21.5. The number of rotatable bonds is 7. The van der Waals surface area contributed by atoms with Gasteiger partial charge in [0.05, 0.1) is 18.6 Å². The van der Waals surface area contributed by atoms with Crippen LogP contribution >= 0.6 is 11.3 Å². The van der Waals surface area contributed by atoms with E-state index in [9.17, 15) is 9.59 Å². The minimum Gasteiger partial charge on any atom is -0.478 e. The Morgan fingerprint density at radius 3 is 2.52 bits per heavy atom. The van der Waals surface area contributed by atoms with Crippen molar-refractivity contribution in [2.24, 2.45) is 5.92 Å². The van der Waals surface area contributed by atoms with E-state index in [1.165, 1.54) is 43.4 Å². The third-order valence-corrected chi connectivity index (χ3v) is 6.81. The lowest BCUT2D eigenvalue weighted by Crippen LogP contribution is -2.51. The Labute approximate surface area is 186 Å². The predicted octanol–water partition coefficient (Wildman–Crippen LogP) is 2.81. The number of pyridine rings is 1. The van der Waals surface area contributed by atoms with Crippen LogP contribution < -0.4 is 4.74 Å². The number of piperazine rings is 1. The summed E-state index contributed by atoms with van der Waals surface area (Å²) in [4.78, 5) is 33.0. The van der Waals surface area contributed by atoms with Gasteiger partial charge in [0.1, 0.15) is 10.5 Å². The summed E-state index contributed by atoms with van der Waals surface area (Å²) >= 11 is 1.38. The lowest BCUT2D eigenvalue weighted by atomic mass is 9.87. The van der Waals surface area contributed by atoms with Crippen LogP contribution in [0.4, 0.5) is 0 Å². The number of carbonyl (C=O) groups excluding carboxylic acids is 2. The van der Waals surface area contributed by atoms with Crippen molar-refractivity contribution in [3.05, 3.63) is 34.4 Å². The first kappa shape index (κ1) is 21.7. The first-order chi connectivity index (χ1) is 15.2. The van der Waals surface area contributed by atoms with Crippen LogP contribution in [0.1, 0.15) is 53.9 Å². The molecule has 0 bridgehead atoms. The molecule has 0 radical (unpaired) electrons. The molecule has 2 fully saturated rings. The molecule has 0 spiro atoms. The molecule has 0 unspecified atom stereocenters. The molecule has 8 nitrogen and oxygen atoms in total. The number of ether oxygens (including phenoxy) is 1. The van der Waals surface area contributed by atoms with E-state index in [2.05, 4.69) is 15.2 Å². The highest BCUT2D eigenvalue weighted by Gasteiger charge is 2.25. The number of amides is 2. The molecule has 0 aromatic carbocycles. The molecule has 1 saturated heterocycles. The summed E-state index contributed by atoms with van der Waals surface area (Å²) in [6.07, 6.45) is 9.60. The van der Waals surface area contributed by atoms with Crippen molar-refractivity contribution in [1.82, 2.24) is 25.0 Å². The summed E-state index contributed by atoms with van der Waals surface area (Å²) in [7, 11) is 0. The molecule has 2 aliphatic rings. The van der Waals surface area contributed by atoms with Gasteiger partial charge >= 0.3 is 0 Å². The Morgan fingerprint density at radius 1 is 1.06 bits per heavy atom. The van der Waals surface area contributed by atoms with Crippen LogP contribution in [0, 0.1) is 5.92 Å². The zero-order valence-corrected chi connectivity index (χ0v) is 18.6. The average molecular weight is 444 g/mol. The van der Waals surface area contributed by atoms with Crippen molar-refractivity contribution in [3.8, 4) is 5.88 Å². The number of carbonyl (C=O) groups is 2. The van der Waals surface area contributed by atoms with E-state index >= 15 is 0 Å². The molecule has 2 aromatic rings. The van der Waals surface area contributed by atoms with Gasteiger partial charge in [0.25, 0.3) is 5.91 Å². The molecular weight excluding hydrogens is 414 g/mol. The molecule has 0 N–H and O–H groups in total. The summed E-state index contributed by atoms with van der Waals surface area (Å²) in [6.45, 7) is 2.76. The molecule has 1 aliphatic heterocycles. The second-order valence-corrected chi connectivity index (χ2v) is 9.13. The summed E-state index contributed by atoms with van der Waals surface area (Å²) in [5, 5.41) is 8.40. The second kappa shape index (κ2) is 10.7. The minimum absolute atomic E-state index is 0.0280. The van der Waals surface area contributed by atoms with Gasteiger partial charge in [-0.15, -0.1) is 21.5 Å². The van der Waals surface area contributed by atoms with Gasteiger partial charge in [0, 0.05) is 38.4 Å². The lowest BCUT2D eigenvalue weighted by Gasteiger charge is -2.34. The van der Waals surface area contributed by atoms with Gasteiger partial charge < -0.3 is 14.5 Å². The van der Waals surface area contributed by atoms with Gasteiger partial charge in [-0.25, -0.2) is 4.98 Å². The van der Waals surface area contributed by atoms with Crippen LogP contribution in [-0.4, -0.2) is 69.6 Å². The Bertz CT molecular complexity index is 845. The summed E-state index contributed by atoms with van der Waals surface area (Å²) in [5.41, 5.74) is 2.17. The molecule has 1 aliphatic carbocycles. The molecule has 2 amide bonds. The molecule has 31 heavy (non-hydrogen) atoms. The van der Waals surface area contributed by atoms with Crippen LogP contribution in [0.3, 0.4) is 0 Å². The van der Waals surface area contributed by atoms with Gasteiger partial charge in [-0.2, -0.15) is 0 Å². The zero-order valence-electron chi connectivity index (χ0n) is 17.7. The van der Waals surface area contributed by atoms with Gasteiger partial charge in [-0.1, -0.05) is 32.1 Å². The topological polar surface area (TPSA) is 88.5 Å². The van der Waals surface area contributed by atoms with Crippen molar-refractivity contribution in [2.75, 3.05) is 32.8 Å². The molecule has 9 heteroatoms. The molecule has 1 saturated carbocycles. The van der Waals surface area contributed by atoms with E-state index in [1.54, 1.807) is 33.6 Å². The maximum Gasteiger partial charge on any atom is 0.255 e. The fourth-order valence-electron chi connectivity index (χ4n) is 4.25. The fraction of sp³-hybridized carbons (Fsp3) is 0.591. The molecule has 3 heterocycles. The average Bonchev–Trinajstić information content (AvgIpc) is 3.33. The minimum atomic E-state index is -0.0579. The summed E-state index contributed by atoms with van der Waals surface area (Å²) < 4.78 is 5.78. The Balaban J connectivity index is 1.21. The quantitative estimate of drug-likeness (QED) is 0.654. The van der Waals surface area contributed by atoms with Gasteiger partial charge in [-0.3, -0.25) is 9.59 Å². The molecule has 2 aromatic heterocycles. The van der Waals surface area contributed by atoms with Crippen LogP contribution in [0.15, 0.2) is 23.8 Å². The monoisotopic (exact) mass is 443 g/mol. The Kier molecular flexibility index (Phi) is 7.45. The largest absolute Gasteiger partial charge is 0.478 e. The van der Waals surface area contributed by atoms with Gasteiger partial charge in [-0.05, 0) is 18.4 Å². The van der Waals surface area contributed by atoms with E-state index in [4.69, 9.17) is 4.74 Å². The maximum absolute atomic E-state index is 12.8. The predicted molar refractivity (Wildman–Crippen MR) is 117 cm³/mol. The van der Waals surface area contributed by atoms with E-state index in [-0.39, 0.29) is 18.2 Å². The highest BCUT2D eigenvalue weighted by molar-refractivity contribution is 7.09. The first-order valence-electron chi connectivity index (χ1n) is 11.1. The standard InChI is InChI=1S/C22H29N5O3S/c28-21(14-20-25-24-16-31-20)26-9-11-27(12-10-26)22(29)18-6-7-19(23-15-18)30-13-8-17-4-2-1-3-5-17/h6-7,15-17H,1-5,8-14H2. The highest BCUT2D eigenvalue weighted by atomic mass is 32.1. The van der Waals surface area contributed by atoms with Crippen molar-refractivity contribution in [2.45, 2.75) is 44.9 Å². The number of hydrogen-bond acceptors (Lipinski definition) is 7. The van der Waals surface area contributed by atoms with Crippen LogP contribution in [0.2, 0.25) is 0 Å². The van der Waals surface area contributed by atoms with Gasteiger partial charge in [0.15, 0.2) is 0 Å². The third kappa shape index (κ3) is 6.00. The highest BCUT2D eigenvalue weighted by Crippen LogP contribution is 2.26. The van der Waals surface area contributed by atoms with Crippen molar-refractivity contribution in [1.29, 1.82) is 0 Å². The first-order valence-corrected chi connectivity index (χ1v) is 12.0. The van der Waals surface area contributed by atoms with Crippen molar-refractivity contribution < 1.29 is 14.3 Å². The molecular formula is C22H29N5O3S. The lowest BCUT2D eigenvalue weighted by molar-refractivity contribution is -0.131. The normalized spacial score (nSPS) is 17.5. The van der Waals surface area contributed by atoms with E-state index in [0.29, 0.717) is 44.2 Å². The van der Waals surface area contributed by atoms with E-state index in [1.807, 2.05) is 0 Å². The number of hydrogen-bond donors (Lipinski definition) is 0. The SMILES string of the molecule is O=C(Cc1nncs1)N1CCN(C(=O)c2ccc(OCCC3CCCCC3)nc2)CC1. The third-order valence-electron chi connectivity index (χ3n) is 6.11. The van der Waals surface area contributed by atoms with Crippen molar-refractivity contribution >= 4 is 23.2 Å². The summed E-state index contributed by atoms with van der Waals surface area (Å²) in [6, 6.07) is 3.55. The second-order valence-electron chi connectivity index (χ2n) is 8.21. The summed E-state index contributed by atoms with van der Waals surface area (Å²) in [5.74, 6) is 1.32. The van der Waals surface area contributed by atoms with E-state index in [0.717, 1.165) is 17.3 Å². The Morgan fingerprint density at radius 2 is 1.84 bits per heavy atom. The van der Waals surface area contributed by atoms with E-state index < -0.39 is 0 Å². The molecule has 4 rings (SSSR count). The molecule has 166 valence electrons. The Hall–Kier alpha value is -2.55. The van der Waals surface area contributed by atoms with Crippen LogP contribution in [0.5, 0.6) is 5.88 Å². The van der Waals surface area contributed by atoms with Gasteiger partial charge in [0.2, 0.25) is 11.8 Å². The molecule has 0 atom stereocenters. The fourth-order valence-corrected chi connectivity index (χ4v) is 4.77. The van der Waals surface area contributed by atoms with Crippen LogP contribution in [0.25, 0.3) is 0 Å². The maximum atomic E-state index is 12.8. The number of aromatic nitrogens is 3.